The smallest absolute Gasteiger partial charge is 0.335 e. The topological polar surface area (TPSA) is 50.2 Å². The van der Waals surface area contributed by atoms with E-state index >= 15 is 0 Å². The lowest BCUT2D eigenvalue weighted by molar-refractivity contribution is 0.0696. The molecule has 17 heavy (non-hydrogen) atoms. The van der Waals surface area contributed by atoms with Crippen molar-refractivity contribution in [2.24, 2.45) is 0 Å². The Morgan fingerprint density at radius 2 is 1.76 bits per heavy atom. The lowest BCUT2D eigenvalue weighted by Crippen LogP contribution is -1.99. The second kappa shape index (κ2) is 4.37. The van der Waals surface area contributed by atoms with Crippen LogP contribution in [0.25, 0.3) is 11.3 Å². The highest BCUT2D eigenvalue weighted by atomic mass is 16.4. The summed E-state index contributed by atoms with van der Waals surface area (Å²) in [6, 6.07) is 11.0. The highest BCUT2D eigenvalue weighted by Gasteiger charge is 2.07. The van der Waals surface area contributed by atoms with Gasteiger partial charge in [0.05, 0.1) is 11.3 Å². The Morgan fingerprint density at radius 3 is 2.35 bits per heavy atom. The van der Waals surface area contributed by atoms with Crippen molar-refractivity contribution in [3.05, 3.63) is 53.2 Å². The fourth-order valence-corrected chi connectivity index (χ4v) is 1.66. The molecule has 2 aromatic rings. The van der Waals surface area contributed by atoms with E-state index in [0.29, 0.717) is 11.4 Å². The highest BCUT2D eigenvalue weighted by Crippen LogP contribution is 2.19. The fourth-order valence-electron chi connectivity index (χ4n) is 1.66. The number of pyridine rings is 1. The molecule has 0 aliphatic heterocycles. The van der Waals surface area contributed by atoms with Gasteiger partial charge in [-0.1, -0.05) is 29.8 Å². The molecule has 0 unspecified atom stereocenters. The minimum atomic E-state index is -0.927. The first-order valence-corrected chi connectivity index (χ1v) is 5.35. The van der Waals surface area contributed by atoms with E-state index in [0.717, 1.165) is 5.56 Å². The minimum absolute atomic E-state index is 0.271. The quantitative estimate of drug-likeness (QED) is 0.857. The summed E-state index contributed by atoms with van der Waals surface area (Å²) in [5.41, 5.74) is 3.78. The monoisotopic (exact) mass is 227 g/mol. The Morgan fingerprint density at radius 1 is 1.12 bits per heavy atom. The first kappa shape index (κ1) is 11.3. The molecule has 1 aromatic carbocycles. The maximum Gasteiger partial charge on any atom is 0.335 e. The Hall–Kier alpha value is -2.16. The highest BCUT2D eigenvalue weighted by molar-refractivity contribution is 5.89. The summed E-state index contributed by atoms with van der Waals surface area (Å²) in [4.78, 5) is 15.3. The van der Waals surface area contributed by atoms with Gasteiger partial charge in [0.25, 0.3) is 0 Å². The second-order valence-corrected chi connectivity index (χ2v) is 4.05. The molecule has 0 aliphatic rings. The van der Waals surface area contributed by atoms with Crippen molar-refractivity contribution >= 4 is 5.97 Å². The molecule has 3 heteroatoms. The second-order valence-electron chi connectivity index (χ2n) is 4.05. The summed E-state index contributed by atoms with van der Waals surface area (Å²) in [5, 5.41) is 9.00. The van der Waals surface area contributed by atoms with Crippen LogP contribution in [0.3, 0.4) is 0 Å². The van der Waals surface area contributed by atoms with E-state index < -0.39 is 5.97 Å². The van der Waals surface area contributed by atoms with Gasteiger partial charge in [0.1, 0.15) is 0 Å². The Kier molecular flexibility index (Phi) is 2.91. The summed E-state index contributed by atoms with van der Waals surface area (Å²) in [7, 11) is 0. The third kappa shape index (κ3) is 2.50. The third-order valence-electron chi connectivity index (χ3n) is 2.55. The Bertz CT molecular complexity index is 559. The Balaban J connectivity index is 2.51. The fraction of sp³-hybridized carbons (Fsp3) is 0.143. The van der Waals surface area contributed by atoms with Gasteiger partial charge in [-0.15, -0.1) is 0 Å². The normalized spacial score (nSPS) is 10.2. The van der Waals surface area contributed by atoms with Gasteiger partial charge in [0.15, 0.2) is 0 Å². The zero-order valence-electron chi connectivity index (χ0n) is 9.77. The van der Waals surface area contributed by atoms with Crippen molar-refractivity contribution < 1.29 is 9.90 Å². The van der Waals surface area contributed by atoms with Crippen molar-refractivity contribution in [3.63, 3.8) is 0 Å². The standard InChI is InChI=1S/C14H13NO2/c1-9-3-5-11(6-4-9)13-8-12(14(16)17)7-10(2)15-13/h3-8H,1-2H3,(H,16,17). The van der Waals surface area contributed by atoms with E-state index in [1.165, 1.54) is 5.56 Å². The number of hydrogen-bond acceptors (Lipinski definition) is 2. The number of nitrogens with zero attached hydrogens (tertiary/aromatic N) is 1. The van der Waals surface area contributed by atoms with Crippen LogP contribution in [-0.2, 0) is 0 Å². The van der Waals surface area contributed by atoms with Crippen molar-refractivity contribution in [1.29, 1.82) is 0 Å². The van der Waals surface area contributed by atoms with Gasteiger partial charge in [-0.3, -0.25) is 4.98 Å². The van der Waals surface area contributed by atoms with Gasteiger partial charge in [0, 0.05) is 11.3 Å². The van der Waals surface area contributed by atoms with E-state index in [1.54, 1.807) is 19.1 Å². The average Bonchev–Trinajstić information content (AvgIpc) is 2.29. The van der Waals surface area contributed by atoms with Crippen LogP contribution in [-0.4, -0.2) is 16.1 Å². The van der Waals surface area contributed by atoms with Gasteiger partial charge < -0.3 is 5.11 Å². The maximum absolute atomic E-state index is 11.0. The molecule has 0 radical (unpaired) electrons. The number of rotatable bonds is 2. The van der Waals surface area contributed by atoms with Crippen molar-refractivity contribution in [3.8, 4) is 11.3 Å². The van der Waals surface area contributed by atoms with Crippen LogP contribution in [0, 0.1) is 13.8 Å². The van der Waals surface area contributed by atoms with Crippen molar-refractivity contribution in [1.82, 2.24) is 4.98 Å². The molecule has 0 fully saturated rings. The van der Waals surface area contributed by atoms with E-state index in [2.05, 4.69) is 4.98 Å². The van der Waals surface area contributed by atoms with Gasteiger partial charge in [-0.05, 0) is 26.0 Å². The molecule has 0 aliphatic carbocycles. The van der Waals surface area contributed by atoms with Crippen LogP contribution in [0.15, 0.2) is 36.4 Å². The average molecular weight is 227 g/mol. The molecule has 86 valence electrons. The number of carbonyl (C=O) groups is 1. The van der Waals surface area contributed by atoms with Crippen LogP contribution < -0.4 is 0 Å². The molecule has 2 rings (SSSR count). The lowest BCUT2D eigenvalue weighted by Gasteiger charge is -2.04. The van der Waals surface area contributed by atoms with Gasteiger partial charge >= 0.3 is 5.97 Å². The van der Waals surface area contributed by atoms with Crippen LogP contribution in [0.2, 0.25) is 0 Å². The summed E-state index contributed by atoms with van der Waals surface area (Å²) < 4.78 is 0. The van der Waals surface area contributed by atoms with E-state index in [-0.39, 0.29) is 5.56 Å². The van der Waals surface area contributed by atoms with E-state index in [4.69, 9.17) is 5.11 Å². The molecule has 0 atom stereocenters. The molecule has 1 heterocycles. The summed E-state index contributed by atoms with van der Waals surface area (Å²) in [6.45, 7) is 3.81. The number of aromatic nitrogens is 1. The number of carboxylic acid groups (broad SMARTS) is 1. The zero-order chi connectivity index (χ0) is 12.4. The summed E-state index contributed by atoms with van der Waals surface area (Å²) in [5.74, 6) is -0.927. The molecular weight excluding hydrogens is 214 g/mol. The third-order valence-corrected chi connectivity index (χ3v) is 2.55. The number of hydrogen-bond donors (Lipinski definition) is 1. The van der Waals surface area contributed by atoms with E-state index in [9.17, 15) is 4.79 Å². The van der Waals surface area contributed by atoms with Crippen LogP contribution in [0.4, 0.5) is 0 Å². The van der Waals surface area contributed by atoms with E-state index in [1.807, 2.05) is 31.2 Å². The molecular formula is C14H13NO2. The van der Waals surface area contributed by atoms with Crippen LogP contribution >= 0.6 is 0 Å². The predicted octanol–water partition coefficient (Wildman–Crippen LogP) is 3.06. The summed E-state index contributed by atoms with van der Waals surface area (Å²) >= 11 is 0. The van der Waals surface area contributed by atoms with Gasteiger partial charge in [-0.25, -0.2) is 4.79 Å². The number of aromatic carboxylic acids is 1. The molecule has 0 bridgehead atoms. The summed E-state index contributed by atoms with van der Waals surface area (Å²) in [6.07, 6.45) is 0. The zero-order valence-corrected chi connectivity index (χ0v) is 9.77. The number of carboxylic acids is 1. The molecule has 3 nitrogen and oxygen atoms in total. The SMILES string of the molecule is Cc1ccc(-c2cc(C(=O)O)cc(C)n2)cc1. The molecule has 0 spiro atoms. The van der Waals surface area contributed by atoms with Crippen molar-refractivity contribution in [2.45, 2.75) is 13.8 Å². The van der Waals surface area contributed by atoms with Crippen LogP contribution in [0.5, 0.6) is 0 Å². The molecule has 0 saturated heterocycles. The van der Waals surface area contributed by atoms with Crippen molar-refractivity contribution in [2.75, 3.05) is 0 Å². The minimum Gasteiger partial charge on any atom is -0.478 e. The molecule has 1 aromatic heterocycles. The predicted molar refractivity (Wildman–Crippen MR) is 66.1 cm³/mol. The molecule has 1 N–H and O–H groups in total. The Labute approximate surface area is 99.8 Å². The van der Waals surface area contributed by atoms with Crippen LogP contribution in [0.1, 0.15) is 21.6 Å². The molecule has 0 amide bonds. The maximum atomic E-state index is 11.0. The first-order chi connectivity index (χ1) is 8.06. The van der Waals surface area contributed by atoms with Gasteiger partial charge in [-0.2, -0.15) is 0 Å². The van der Waals surface area contributed by atoms with Gasteiger partial charge in [0.2, 0.25) is 0 Å². The largest absolute Gasteiger partial charge is 0.478 e. The number of benzene rings is 1. The number of aryl methyl sites for hydroxylation is 2. The first-order valence-electron chi connectivity index (χ1n) is 5.35. The lowest BCUT2D eigenvalue weighted by atomic mass is 10.1. The molecule has 0 saturated carbocycles.